The Balaban J connectivity index is 1.39. The second-order valence-electron chi connectivity index (χ2n) is 10.7. The van der Waals surface area contributed by atoms with E-state index in [0.717, 1.165) is 61.3 Å². The van der Waals surface area contributed by atoms with Crippen molar-refractivity contribution in [3.05, 3.63) is 80.9 Å². The predicted molar refractivity (Wildman–Crippen MR) is 146 cm³/mol. The lowest BCUT2D eigenvalue weighted by molar-refractivity contribution is 0.196. The molecule has 1 atom stereocenters. The zero-order chi connectivity index (χ0) is 25.5. The van der Waals surface area contributed by atoms with E-state index >= 15 is 0 Å². The molecule has 2 aliphatic rings. The fourth-order valence-electron chi connectivity index (χ4n) is 6.17. The highest BCUT2D eigenvalue weighted by Crippen LogP contribution is 2.35. The number of hydrogen-bond acceptors (Lipinski definition) is 6. The highest BCUT2D eigenvalue weighted by atomic mass is 16.1. The first kappa shape index (κ1) is 23.9. The minimum Gasteiger partial charge on any atom is -0.369 e. The Hall–Kier alpha value is -3.52. The topological polar surface area (TPSA) is 82.9 Å². The van der Waals surface area contributed by atoms with E-state index in [2.05, 4.69) is 74.5 Å². The molecule has 0 unspecified atom stereocenters. The summed E-state index contributed by atoms with van der Waals surface area (Å²) in [7, 11) is 0. The first-order chi connectivity index (χ1) is 18.0. The van der Waals surface area contributed by atoms with Crippen molar-refractivity contribution < 1.29 is 0 Å². The third-order valence-electron chi connectivity index (χ3n) is 8.23. The van der Waals surface area contributed by atoms with Crippen LogP contribution in [-0.2, 0) is 0 Å². The second kappa shape index (κ2) is 9.74. The molecule has 1 aliphatic carbocycles. The smallest absolute Gasteiger partial charge is 0.253 e. The molecule has 37 heavy (non-hydrogen) atoms. The van der Waals surface area contributed by atoms with Crippen molar-refractivity contribution in [2.45, 2.75) is 58.5 Å². The number of H-pyrrole nitrogens is 1. The second-order valence-corrected chi connectivity index (χ2v) is 10.7. The fraction of sp³-hybridized carbons (Fsp3) is 0.448. The number of benzene rings is 2. The molecule has 6 rings (SSSR count). The van der Waals surface area contributed by atoms with E-state index in [9.17, 15) is 4.79 Å². The van der Waals surface area contributed by atoms with E-state index < -0.39 is 0 Å². The molecule has 0 amide bonds. The molecule has 1 saturated carbocycles. The van der Waals surface area contributed by atoms with Gasteiger partial charge in [-0.25, -0.2) is 4.68 Å². The zero-order valence-electron chi connectivity index (χ0n) is 21.9. The molecule has 2 fully saturated rings. The van der Waals surface area contributed by atoms with Crippen molar-refractivity contribution in [1.29, 1.82) is 0 Å². The number of anilines is 1. The Labute approximate surface area is 217 Å². The lowest BCUT2D eigenvalue weighted by atomic mass is 10.0. The zero-order valence-corrected chi connectivity index (χ0v) is 21.9. The van der Waals surface area contributed by atoms with Gasteiger partial charge in [0, 0.05) is 37.4 Å². The van der Waals surface area contributed by atoms with Crippen LogP contribution in [0.5, 0.6) is 0 Å². The van der Waals surface area contributed by atoms with Gasteiger partial charge in [0.05, 0.1) is 11.6 Å². The number of nitrogens with zero attached hydrogens (tertiary/aromatic N) is 6. The van der Waals surface area contributed by atoms with Crippen LogP contribution in [-0.4, -0.2) is 56.3 Å². The van der Waals surface area contributed by atoms with Gasteiger partial charge in [0.25, 0.3) is 5.56 Å². The molecule has 3 heterocycles. The normalized spacial score (nSPS) is 18.1. The van der Waals surface area contributed by atoms with Crippen molar-refractivity contribution in [3.63, 3.8) is 0 Å². The van der Waals surface area contributed by atoms with Gasteiger partial charge in [-0.2, -0.15) is 0 Å². The number of tetrazole rings is 1. The minimum absolute atomic E-state index is 0.0651. The molecule has 0 radical (unpaired) electrons. The molecule has 8 heteroatoms. The van der Waals surface area contributed by atoms with E-state index in [1.165, 1.54) is 29.7 Å². The molecule has 1 N–H and O–H groups in total. The van der Waals surface area contributed by atoms with Crippen molar-refractivity contribution >= 4 is 16.6 Å². The third kappa shape index (κ3) is 4.44. The summed E-state index contributed by atoms with van der Waals surface area (Å²) in [6.45, 7) is 9.76. The van der Waals surface area contributed by atoms with Gasteiger partial charge in [0.15, 0.2) is 5.82 Å². The lowest BCUT2D eigenvalue weighted by Gasteiger charge is -2.40. The van der Waals surface area contributed by atoms with E-state index in [-0.39, 0.29) is 11.6 Å². The third-order valence-corrected chi connectivity index (χ3v) is 8.23. The monoisotopic (exact) mass is 497 g/mol. The van der Waals surface area contributed by atoms with Crippen molar-refractivity contribution in [3.8, 4) is 0 Å². The maximum absolute atomic E-state index is 13.6. The van der Waals surface area contributed by atoms with Gasteiger partial charge in [-0.05, 0) is 78.2 Å². The average molecular weight is 498 g/mol. The Morgan fingerprint density at radius 1 is 0.946 bits per heavy atom. The summed E-state index contributed by atoms with van der Waals surface area (Å²) in [5.41, 5.74) is 6.47. The summed E-state index contributed by atoms with van der Waals surface area (Å²) in [6.07, 6.45) is 4.55. The Morgan fingerprint density at radius 3 is 2.51 bits per heavy atom. The van der Waals surface area contributed by atoms with Crippen LogP contribution < -0.4 is 10.5 Å². The van der Waals surface area contributed by atoms with E-state index in [4.69, 9.17) is 0 Å². The summed E-state index contributed by atoms with van der Waals surface area (Å²) < 4.78 is 2.01. The lowest BCUT2D eigenvalue weighted by Crippen LogP contribution is -2.49. The quantitative estimate of drug-likeness (QED) is 0.438. The van der Waals surface area contributed by atoms with Crippen LogP contribution in [0.3, 0.4) is 0 Å². The predicted octanol–water partition coefficient (Wildman–Crippen LogP) is 4.47. The average Bonchev–Trinajstić information content (AvgIpc) is 3.60. The number of rotatable bonds is 5. The highest BCUT2D eigenvalue weighted by Gasteiger charge is 2.35. The molecule has 2 aromatic carbocycles. The number of piperazine rings is 1. The van der Waals surface area contributed by atoms with Crippen LogP contribution in [0, 0.1) is 20.8 Å². The number of fused-ring (bicyclic) bond motifs is 1. The maximum Gasteiger partial charge on any atom is 0.253 e. The largest absolute Gasteiger partial charge is 0.369 e. The molecule has 1 aliphatic heterocycles. The molecule has 8 nitrogen and oxygen atoms in total. The van der Waals surface area contributed by atoms with Gasteiger partial charge >= 0.3 is 0 Å². The molecular weight excluding hydrogens is 462 g/mol. The van der Waals surface area contributed by atoms with Crippen LogP contribution in [0.25, 0.3) is 10.9 Å². The van der Waals surface area contributed by atoms with Crippen molar-refractivity contribution in [2.75, 3.05) is 31.1 Å². The van der Waals surface area contributed by atoms with Crippen LogP contribution in [0.1, 0.15) is 65.8 Å². The summed E-state index contributed by atoms with van der Waals surface area (Å²) in [4.78, 5) is 21.6. The van der Waals surface area contributed by atoms with Gasteiger partial charge in [0.1, 0.15) is 6.04 Å². The van der Waals surface area contributed by atoms with E-state index in [1.807, 2.05) is 23.7 Å². The molecule has 1 saturated heterocycles. The maximum atomic E-state index is 13.6. The standard InChI is InChI=1S/C29H35N7O/c1-19-11-12-20(2)25(17-19)34-13-15-35(16-14-34)27(28-31-32-33-36(28)23-9-4-5-10-23)24-18-22-8-6-7-21(3)26(22)30-29(24)37/h6-8,11-12,17-18,23,27H,4-5,9-10,13-16H2,1-3H3,(H,30,37)/t27-/m0/s1. The number of para-hydroxylation sites is 1. The Bertz CT molecular complexity index is 1480. The van der Waals surface area contributed by atoms with Crippen LogP contribution in [0.15, 0.2) is 47.3 Å². The number of aromatic nitrogens is 5. The van der Waals surface area contributed by atoms with Crippen LogP contribution in [0.2, 0.25) is 0 Å². The first-order valence-corrected chi connectivity index (χ1v) is 13.5. The van der Waals surface area contributed by atoms with Crippen molar-refractivity contribution in [1.82, 2.24) is 30.1 Å². The van der Waals surface area contributed by atoms with Gasteiger partial charge in [-0.1, -0.05) is 43.2 Å². The van der Waals surface area contributed by atoms with Crippen LogP contribution in [0.4, 0.5) is 5.69 Å². The number of pyridine rings is 1. The SMILES string of the molecule is Cc1ccc(C)c(N2CCN([C@@H](c3cc4cccc(C)c4[nH]c3=O)c3nnnn3C3CCCC3)CC2)c1. The Morgan fingerprint density at radius 2 is 1.73 bits per heavy atom. The number of aryl methyl sites for hydroxylation is 3. The number of nitrogens with one attached hydrogen (secondary N) is 1. The minimum atomic E-state index is -0.301. The molecule has 4 aromatic rings. The van der Waals surface area contributed by atoms with Gasteiger partial charge in [-0.15, -0.1) is 5.10 Å². The summed E-state index contributed by atoms with van der Waals surface area (Å²) >= 11 is 0. The van der Waals surface area contributed by atoms with E-state index in [0.29, 0.717) is 11.6 Å². The van der Waals surface area contributed by atoms with Crippen molar-refractivity contribution in [2.24, 2.45) is 0 Å². The van der Waals surface area contributed by atoms with Gasteiger partial charge < -0.3 is 9.88 Å². The summed E-state index contributed by atoms with van der Waals surface area (Å²) in [5, 5.41) is 14.1. The molecular formula is C29H35N7O. The van der Waals surface area contributed by atoms with E-state index in [1.54, 1.807) is 0 Å². The number of hydrogen-bond donors (Lipinski definition) is 1. The fourth-order valence-corrected chi connectivity index (χ4v) is 6.17. The summed E-state index contributed by atoms with van der Waals surface area (Å²) in [5.74, 6) is 0.782. The molecule has 2 aromatic heterocycles. The molecule has 0 bridgehead atoms. The number of aromatic amines is 1. The van der Waals surface area contributed by atoms with Crippen LogP contribution >= 0.6 is 0 Å². The molecule has 0 spiro atoms. The highest BCUT2D eigenvalue weighted by molar-refractivity contribution is 5.82. The Kier molecular flexibility index (Phi) is 6.28. The van der Waals surface area contributed by atoms with Gasteiger partial charge in [0.2, 0.25) is 0 Å². The first-order valence-electron chi connectivity index (χ1n) is 13.5. The summed E-state index contributed by atoms with van der Waals surface area (Å²) in [6, 6.07) is 14.8. The van der Waals surface area contributed by atoms with Gasteiger partial charge in [-0.3, -0.25) is 9.69 Å². The molecule has 192 valence electrons.